The van der Waals surface area contributed by atoms with Crippen LogP contribution >= 0.6 is 0 Å². The Labute approximate surface area is 65.4 Å². The highest BCUT2D eigenvalue weighted by Crippen LogP contribution is 2.20. The summed E-state index contributed by atoms with van der Waals surface area (Å²) < 4.78 is 0. The van der Waals surface area contributed by atoms with E-state index in [4.69, 9.17) is 0 Å². The highest BCUT2D eigenvalue weighted by atomic mass is 16.3. The zero-order valence-electron chi connectivity index (χ0n) is 6.59. The Balaban J connectivity index is 3.09. The van der Waals surface area contributed by atoms with Gasteiger partial charge in [0.2, 0.25) is 0 Å². The highest BCUT2D eigenvalue weighted by molar-refractivity contribution is 5.56. The van der Waals surface area contributed by atoms with E-state index in [2.05, 4.69) is 10.5 Å². The molecule has 3 nitrogen and oxygen atoms in total. The fraction of sp³-hybridized carbons (Fsp3) is 0.250. The van der Waals surface area contributed by atoms with E-state index in [9.17, 15) is 4.91 Å². The highest BCUT2D eigenvalue weighted by Gasteiger charge is 1.96. The average Bonchev–Trinajstić information content (AvgIpc) is 2.04. The van der Waals surface area contributed by atoms with Crippen LogP contribution in [0.25, 0.3) is 0 Å². The normalized spacial score (nSPS) is 9.27. The summed E-state index contributed by atoms with van der Waals surface area (Å²) >= 11 is 0. The van der Waals surface area contributed by atoms with E-state index < -0.39 is 0 Å². The van der Waals surface area contributed by atoms with Crippen molar-refractivity contribution in [2.24, 2.45) is 5.18 Å². The number of rotatable bonds is 2. The molecule has 0 heterocycles. The van der Waals surface area contributed by atoms with Crippen molar-refractivity contribution in [3.05, 3.63) is 28.7 Å². The summed E-state index contributed by atoms with van der Waals surface area (Å²) in [7, 11) is 1.84. The molecule has 0 aliphatic rings. The lowest BCUT2D eigenvalue weighted by Gasteiger charge is -2.03. The molecule has 1 rings (SSSR count). The molecule has 1 aromatic carbocycles. The maximum absolute atomic E-state index is 10.1. The number of anilines is 1. The molecule has 0 atom stereocenters. The zero-order valence-corrected chi connectivity index (χ0v) is 6.59. The van der Waals surface area contributed by atoms with Crippen LogP contribution in [-0.2, 0) is 0 Å². The number of hydrogen-bond acceptors (Lipinski definition) is 3. The zero-order chi connectivity index (χ0) is 8.27. The first-order valence-corrected chi connectivity index (χ1v) is 3.39. The Kier molecular flexibility index (Phi) is 2.21. The first-order valence-electron chi connectivity index (χ1n) is 3.39. The van der Waals surface area contributed by atoms with Crippen LogP contribution < -0.4 is 5.32 Å². The fourth-order valence-corrected chi connectivity index (χ4v) is 0.985. The number of nitrogens with one attached hydrogen (secondary N) is 1. The summed E-state index contributed by atoms with van der Waals surface area (Å²) in [5, 5.41) is 5.83. The maximum Gasteiger partial charge on any atom is 0.108 e. The van der Waals surface area contributed by atoms with E-state index >= 15 is 0 Å². The van der Waals surface area contributed by atoms with Crippen LogP contribution in [0.4, 0.5) is 11.4 Å². The second kappa shape index (κ2) is 3.14. The topological polar surface area (TPSA) is 41.5 Å². The smallest absolute Gasteiger partial charge is 0.108 e. The lowest BCUT2D eigenvalue weighted by atomic mass is 10.2. The Morgan fingerprint density at radius 3 is 2.64 bits per heavy atom. The van der Waals surface area contributed by atoms with Crippen molar-refractivity contribution >= 4 is 11.4 Å². The average molecular weight is 150 g/mol. The van der Waals surface area contributed by atoms with Gasteiger partial charge in [0, 0.05) is 12.7 Å². The number of nitroso groups, excluding NO2 is 1. The molecule has 0 saturated heterocycles. The Bertz CT molecular complexity index is 271. The lowest BCUT2D eigenvalue weighted by molar-refractivity contribution is 1.38. The Morgan fingerprint density at radius 2 is 2.18 bits per heavy atom. The minimum absolute atomic E-state index is 0.474. The molecule has 0 aromatic heterocycles. The third-order valence-electron chi connectivity index (χ3n) is 1.58. The van der Waals surface area contributed by atoms with Crippen molar-refractivity contribution in [3.63, 3.8) is 0 Å². The summed E-state index contributed by atoms with van der Waals surface area (Å²) in [6.45, 7) is 1.93. The number of nitrogens with zero attached hydrogens (tertiary/aromatic N) is 1. The molecule has 0 unspecified atom stereocenters. The second-order valence-electron chi connectivity index (χ2n) is 2.34. The van der Waals surface area contributed by atoms with Crippen molar-refractivity contribution in [1.29, 1.82) is 0 Å². The van der Waals surface area contributed by atoms with Crippen molar-refractivity contribution in [3.8, 4) is 0 Å². The van der Waals surface area contributed by atoms with E-state index in [1.807, 2.05) is 20.0 Å². The Hall–Kier alpha value is -1.38. The van der Waals surface area contributed by atoms with Crippen LogP contribution in [-0.4, -0.2) is 7.05 Å². The van der Waals surface area contributed by atoms with E-state index in [1.54, 1.807) is 12.1 Å². The minimum Gasteiger partial charge on any atom is -0.388 e. The van der Waals surface area contributed by atoms with Gasteiger partial charge in [0.05, 0.1) is 0 Å². The fourth-order valence-electron chi connectivity index (χ4n) is 0.985. The molecule has 1 N–H and O–H groups in total. The molecule has 0 spiro atoms. The SMILES string of the molecule is CNc1ccc(N=O)cc1C. The van der Waals surface area contributed by atoms with Crippen LogP contribution in [0.1, 0.15) is 5.56 Å². The van der Waals surface area contributed by atoms with E-state index in [0.29, 0.717) is 5.69 Å². The molecule has 0 bridgehead atoms. The van der Waals surface area contributed by atoms with Crippen LogP contribution in [0.3, 0.4) is 0 Å². The largest absolute Gasteiger partial charge is 0.388 e. The van der Waals surface area contributed by atoms with Gasteiger partial charge in [-0.3, -0.25) is 0 Å². The van der Waals surface area contributed by atoms with Crippen molar-refractivity contribution in [2.75, 3.05) is 12.4 Å². The van der Waals surface area contributed by atoms with Crippen LogP contribution in [0.5, 0.6) is 0 Å². The summed E-state index contributed by atoms with van der Waals surface area (Å²) in [4.78, 5) is 10.1. The molecule has 11 heavy (non-hydrogen) atoms. The second-order valence-corrected chi connectivity index (χ2v) is 2.34. The van der Waals surface area contributed by atoms with Gasteiger partial charge in [-0.05, 0) is 35.9 Å². The number of aryl methyl sites for hydroxylation is 1. The van der Waals surface area contributed by atoms with Crippen LogP contribution in [0, 0.1) is 11.8 Å². The van der Waals surface area contributed by atoms with Gasteiger partial charge in [-0.1, -0.05) is 0 Å². The molecule has 58 valence electrons. The van der Waals surface area contributed by atoms with Crippen LogP contribution in [0.15, 0.2) is 23.4 Å². The first kappa shape index (κ1) is 7.72. The van der Waals surface area contributed by atoms with E-state index in [-0.39, 0.29) is 0 Å². The quantitative estimate of drug-likeness (QED) is 0.658. The van der Waals surface area contributed by atoms with E-state index in [1.165, 1.54) is 0 Å². The summed E-state index contributed by atoms with van der Waals surface area (Å²) in [5.41, 5.74) is 2.53. The lowest BCUT2D eigenvalue weighted by Crippen LogP contribution is -1.89. The molecule has 1 aromatic rings. The molecule has 0 radical (unpaired) electrons. The summed E-state index contributed by atoms with van der Waals surface area (Å²) in [6.07, 6.45) is 0. The third kappa shape index (κ3) is 1.55. The van der Waals surface area contributed by atoms with Gasteiger partial charge in [-0.2, -0.15) is 0 Å². The molecular formula is C8H10N2O. The summed E-state index contributed by atoms with van der Waals surface area (Å²) in [5.74, 6) is 0. The number of benzene rings is 1. The molecular weight excluding hydrogens is 140 g/mol. The standard InChI is InChI=1S/C8H10N2O/c1-6-5-7(10-11)3-4-8(6)9-2/h3-5,9H,1-2H3. The molecule has 0 aliphatic carbocycles. The third-order valence-corrected chi connectivity index (χ3v) is 1.58. The van der Waals surface area contributed by atoms with Gasteiger partial charge in [-0.15, -0.1) is 4.91 Å². The van der Waals surface area contributed by atoms with Crippen LogP contribution in [0.2, 0.25) is 0 Å². The molecule has 0 saturated carbocycles. The maximum atomic E-state index is 10.1. The van der Waals surface area contributed by atoms with Gasteiger partial charge >= 0.3 is 0 Å². The van der Waals surface area contributed by atoms with Crippen molar-refractivity contribution in [2.45, 2.75) is 6.92 Å². The predicted octanol–water partition coefficient (Wildman–Crippen LogP) is 2.43. The van der Waals surface area contributed by atoms with Gasteiger partial charge in [0.15, 0.2) is 0 Å². The van der Waals surface area contributed by atoms with Gasteiger partial charge < -0.3 is 5.32 Å². The van der Waals surface area contributed by atoms with Gasteiger partial charge in [-0.25, -0.2) is 0 Å². The number of hydrogen-bond donors (Lipinski definition) is 1. The van der Waals surface area contributed by atoms with Gasteiger partial charge in [0.1, 0.15) is 5.69 Å². The van der Waals surface area contributed by atoms with Gasteiger partial charge in [0.25, 0.3) is 0 Å². The van der Waals surface area contributed by atoms with E-state index in [0.717, 1.165) is 11.3 Å². The van der Waals surface area contributed by atoms with Crippen molar-refractivity contribution in [1.82, 2.24) is 0 Å². The molecule has 0 amide bonds. The Morgan fingerprint density at radius 1 is 1.45 bits per heavy atom. The monoisotopic (exact) mass is 150 g/mol. The molecule has 0 aliphatic heterocycles. The minimum atomic E-state index is 0.474. The van der Waals surface area contributed by atoms with Crippen molar-refractivity contribution < 1.29 is 0 Å². The molecule has 0 fully saturated rings. The first-order chi connectivity index (χ1) is 5.27. The predicted molar refractivity (Wildman–Crippen MR) is 46.2 cm³/mol. The summed E-state index contributed by atoms with van der Waals surface area (Å²) in [6, 6.07) is 5.27. The molecule has 3 heteroatoms.